The van der Waals surface area contributed by atoms with Crippen LogP contribution in [-0.2, 0) is 14.3 Å². The number of carbonyl (C=O) groups is 2. The van der Waals surface area contributed by atoms with Gasteiger partial charge in [0.25, 0.3) is 5.91 Å². The number of nitrogens with one attached hydrogen (secondary N) is 1. The number of ether oxygens (including phenoxy) is 2. The fraction of sp³-hybridized carbons (Fsp3) is 0.211. The number of nitriles is 1. The van der Waals surface area contributed by atoms with E-state index in [9.17, 15) is 9.59 Å². The van der Waals surface area contributed by atoms with Gasteiger partial charge in [0.2, 0.25) is 0 Å². The molecule has 0 bridgehead atoms. The molecule has 6 nitrogen and oxygen atoms in total. The van der Waals surface area contributed by atoms with E-state index in [2.05, 4.69) is 5.32 Å². The van der Waals surface area contributed by atoms with Gasteiger partial charge in [0.1, 0.15) is 5.75 Å². The number of anilines is 1. The highest BCUT2D eigenvalue weighted by atomic mass is 16.6. The summed E-state index contributed by atoms with van der Waals surface area (Å²) in [5.41, 5.74) is 3.22. The smallest absolute Gasteiger partial charge is 0.344 e. The van der Waals surface area contributed by atoms with E-state index in [0.29, 0.717) is 17.0 Å². The molecular weight excluding hydrogens is 320 g/mol. The van der Waals surface area contributed by atoms with Crippen molar-refractivity contribution in [2.75, 3.05) is 18.5 Å². The summed E-state index contributed by atoms with van der Waals surface area (Å²) in [5, 5.41) is 11.4. The Morgan fingerprint density at radius 2 is 1.68 bits per heavy atom. The van der Waals surface area contributed by atoms with Crippen molar-refractivity contribution in [3.63, 3.8) is 0 Å². The van der Waals surface area contributed by atoms with Gasteiger partial charge in [0.15, 0.2) is 13.2 Å². The first kappa shape index (κ1) is 18.0. The van der Waals surface area contributed by atoms with Gasteiger partial charge in [-0.3, -0.25) is 4.79 Å². The summed E-state index contributed by atoms with van der Waals surface area (Å²) in [5.74, 6) is -0.632. The lowest BCUT2D eigenvalue weighted by atomic mass is 10.1. The molecule has 128 valence electrons. The summed E-state index contributed by atoms with van der Waals surface area (Å²) in [6.07, 6.45) is 0. The Morgan fingerprint density at radius 3 is 2.28 bits per heavy atom. The highest BCUT2D eigenvalue weighted by Gasteiger charge is 2.09. The van der Waals surface area contributed by atoms with Crippen LogP contribution in [0.2, 0.25) is 0 Å². The molecular formula is C19H18N2O4. The Labute approximate surface area is 146 Å². The molecule has 0 saturated carbocycles. The number of nitrogens with zero attached hydrogens (tertiary/aromatic N) is 1. The van der Waals surface area contributed by atoms with Gasteiger partial charge in [0, 0.05) is 5.69 Å². The number of hydrogen-bond donors (Lipinski definition) is 1. The zero-order valence-electron chi connectivity index (χ0n) is 14.0. The van der Waals surface area contributed by atoms with Crippen molar-refractivity contribution in [1.82, 2.24) is 0 Å². The van der Waals surface area contributed by atoms with Crippen LogP contribution in [0.25, 0.3) is 0 Å². The average Bonchev–Trinajstić information content (AvgIpc) is 2.57. The molecule has 0 aromatic heterocycles. The van der Waals surface area contributed by atoms with Crippen LogP contribution in [0.15, 0.2) is 42.5 Å². The maximum absolute atomic E-state index is 11.8. The van der Waals surface area contributed by atoms with E-state index in [4.69, 9.17) is 14.7 Å². The zero-order valence-corrected chi connectivity index (χ0v) is 14.0. The normalized spacial score (nSPS) is 9.80. The number of carbonyl (C=O) groups excluding carboxylic acids is 2. The van der Waals surface area contributed by atoms with Gasteiger partial charge in [-0.15, -0.1) is 0 Å². The third-order valence-corrected chi connectivity index (χ3v) is 3.21. The minimum Gasteiger partial charge on any atom is -0.482 e. The summed E-state index contributed by atoms with van der Waals surface area (Å²) in [6.45, 7) is 3.16. The molecule has 0 fully saturated rings. The van der Waals surface area contributed by atoms with Crippen molar-refractivity contribution in [3.8, 4) is 11.8 Å². The summed E-state index contributed by atoms with van der Waals surface area (Å²) >= 11 is 0. The summed E-state index contributed by atoms with van der Waals surface area (Å²) in [6, 6.07) is 14.0. The Morgan fingerprint density at radius 1 is 1.04 bits per heavy atom. The quantitative estimate of drug-likeness (QED) is 0.818. The van der Waals surface area contributed by atoms with Crippen LogP contribution in [0.4, 0.5) is 5.69 Å². The molecule has 0 unspecified atom stereocenters. The van der Waals surface area contributed by atoms with E-state index in [1.807, 2.05) is 38.1 Å². The summed E-state index contributed by atoms with van der Waals surface area (Å²) < 4.78 is 10.1. The largest absolute Gasteiger partial charge is 0.482 e. The molecule has 2 rings (SSSR count). The van der Waals surface area contributed by atoms with E-state index in [1.165, 1.54) is 0 Å². The molecule has 1 amide bonds. The van der Waals surface area contributed by atoms with Crippen LogP contribution < -0.4 is 10.1 Å². The van der Waals surface area contributed by atoms with Crippen LogP contribution in [0.5, 0.6) is 5.75 Å². The van der Waals surface area contributed by atoms with Gasteiger partial charge in [-0.05, 0) is 61.4 Å². The van der Waals surface area contributed by atoms with Crippen molar-refractivity contribution in [2.45, 2.75) is 13.8 Å². The summed E-state index contributed by atoms with van der Waals surface area (Å²) in [4.78, 5) is 23.4. The molecule has 0 heterocycles. The minimum absolute atomic E-state index is 0.317. The number of rotatable bonds is 6. The monoisotopic (exact) mass is 338 g/mol. The topological polar surface area (TPSA) is 88.4 Å². The number of aryl methyl sites for hydroxylation is 2. The van der Waals surface area contributed by atoms with Crippen LogP contribution in [0.3, 0.4) is 0 Å². The van der Waals surface area contributed by atoms with Crippen molar-refractivity contribution >= 4 is 17.6 Å². The maximum atomic E-state index is 11.8. The highest BCUT2D eigenvalue weighted by Crippen LogP contribution is 2.14. The van der Waals surface area contributed by atoms with Crippen LogP contribution in [0.1, 0.15) is 16.7 Å². The number of esters is 1. The Hall–Kier alpha value is -3.33. The van der Waals surface area contributed by atoms with Gasteiger partial charge in [-0.2, -0.15) is 5.26 Å². The van der Waals surface area contributed by atoms with E-state index >= 15 is 0 Å². The van der Waals surface area contributed by atoms with Gasteiger partial charge in [-0.1, -0.05) is 6.07 Å². The van der Waals surface area contributed by atoms with Crippen LogP contribution in [-0.4, -0.2) is 25.1 Å². The first-order valence-electron chi connectivity index (χ1n) is 7.63. The number of benzene rings is 2. The Bertz CT molecular complexity index is 787. The summed E-state index contributed by atoms with van der Waals surface area (Å²) in [7, 11) is 0. The third kappa shape index (κ3) is 5.99. The predicted octanol–water partition coefficient (Wildman–Crippen LogP) is 2.74. The first-order valence-corrected chi connectivity index (χ1v) is 7.63. The van der Waals surface area contributed by atoms with Crippen molar-refractivity contribution in [3.05, 3.63) is 59.2 Å². The van der Waals surface area contributed by atoms with E-state index < -0.39 is 11.9 Å². The molecule has 2 aromatic carbocycles. The fourth-order valence-corrected chi connectivity index (χ4v) is 2.20. The Kier molecular flexibility index (Phi) is 6.13. The number of amides is 1. The molecule has 2 aromatic rings. The first-order chi connectivity index (χ1) is 12.0. The molecule has 0 radical (unpaired) electrons. The van der Waals surface area contributed by atoms with E-state index in [-0.39, 0.29) is 13.2 Å². The van der Waals surface area contributed by atoms with Gasteiger partial charge >= 0.3 is 5.97 Å². The Balaban J connectivity index is 1.75. The maximum Gasteiger partial charge on any atom is 0.344 e. The zero-order chi connectivity index (χ0) is 18.2. The molecule has 25 heavy (non-hydrogen) atoms. The van der Waals surface area contributed by atoms with Gasteiger partial charge < -0.3 is 14.8 Å². The lowest BCUT2D eigenvalue weighted by Crippen LogP contribution is -2.23. The lowest BCUT2D eigenvalue weighted by Gasteiger charge is -2.09. The van der Waals surface area contributed by atoms with Crippen molar-refractivity contribution < 1.29 is 19.1 Å². The second kappa shape index (κ2) is 8.50. The second-order valence-electron chi connectivity index (χ2n) is 5.51. The third-order valence-electron chi connectivity index (χ3n) is 3.21. The number of hydrogen-bond acceptors (Lipinski definition) is 5. The van der Waals surface area contributed by atoms with Crippen molar-refractivity contribution in [2.24, 2.45) is 0 Å². The van der Waals surface area contributed by atoms with Crippen molar-refractivity contribution in [1.29, 1.82) is 5.26 Å². The molecule has 0 spiro atoms. The van der Waals surface area contributed by atoms with Gasteiger partial charge in [0.05, 0.1) is 11.6 Å². The molecule has 0 saturated heterocycles. The molecule has 0 aliphatic rings. The molecule has 1 N–H and O–H groups in total. The van der Waals surface area contributed by atoms with E-state index in [0.717, 1.165) is 11.1 Å². The van der Waals surface area contributed by atoms with E-state index in [1.54, 1.807) is 24.3 Å². The standard InChI is InChI=1S/C19H18N2O4/c1-13-7-14(2)9-16(8-13)21-18(22)11-25-19(23)12-24-17-5-3-15(10-20)4-6-17/h3-9H,11-12H2,1-2H3,(H,21,22). The predicted molar refractivity (Wildman–Crippen MR) is 92.2 cm³/mol. The minimum atomic E-state index is -0.653. The molecule has 0 aliphatic heterocycles. The highest BCUT2D eigenvalue weighted by molar-refractivity contribution is 5.93. The lowest BCUT2D eigenvalue weighted by molar-refractivity contribution is -0.149. The van der Waals surface area contributed by atoms with Crippen LogP contribution in [0, 0.1) is 25.2 Å². The van der Waals surface area contributed by atoms with Crippen LogP contribution >= 0.6 is 0 Å². The van der Waals surface area contributed by atoms with Gasteiger partial charge in [-0.25, -0.2) is 4.79 Å². The molecule has 0 aliphatic carbocycles. The molecule has 0 atom stereocenters. The second-order valence-corrected chi connectivity index (χ2v) is 5.51. The fourth-order valence-electron chi connectivity index (χ4n) is 2.20. The SMILES string of the molecule is Cc1cc(C)cc(NC(=O)COC(=O)COc2ccc(C#N)cc2)c1. The molecule has 6 heteroatoms. The average molecular weight is 338 g/mol.